The Morgan fingerprint density at radius 3 is 2.57 bits per heavy atom. The van der Waals surface area contributed by atoms with Crippen LogP contribution in [0.25, 0.3) is 6.08 Å². The van der Waals surface area contributed by atoms with Gasteiger partial charge in [-0.1, -0.05) is 36.4 Å². The van der Waals surface area contributed by atoms with Gasteiger partial charge < -0.3 is 10.1 Å². The highest BCUT2D eigenvalue weighted by molar-refractivity contribution is 6.07. The van der Waals surface area contributed by atoms with Gasteiger partial charge in [0.2, 0.25) is 5.91 Å². The van der Waals surface area contributed by atoms with Crippen LogP contribution in [0.1, 0.15) is 22.3 Å². The summed E-state index contributed by atoms with van der Waals surface area (Å²) in [7, 11) is 0. The molecule has 28 heavy (non-hydrogen) atoms. The van der Waals surface area contributed by atoms with Crippen molar-refractivity contribution in [3.63, 3.8) is 0 Å². The van der Waals surface area contributed by atoms with Crippen LogP contribution < -0.4 is 10.6 Å². The number of ether oxygens (including phenoxy) is 1. The molecule has 1 atom stereocenters. The van der Waals surface area contributed by atoms with Gasteiger partial charge in [-0.05, 0) is 35.9 Å². The van der Waals surface area contributed by atoms with Gasteiger partial charge in [-0.25, -0.2) is 4.79 Å². The SMILES string of the molecule is O=C=C1OCC[C@@H]1NCC(=O)Nc1ccc(C(=O)/C=C/c2ccccc2)cc1. The first kappa shape index (κ1) is 19.3. The van der Waals surface area contributed by atoms with Crippen molar-refractivity contribution in [2.45, 2.75) is 12.5 Å². The van der Waals surface area contributed by atoms with Crippen LogP contribution in [-0.4, -0.2) is 36.8 Å². The fourth-order valence-corrected chi connectivity index (χ4v) is 2.78. The molecule has 6 heteroatoms. The average Bonchev–Trinajstić information content (AvgIpc) is 3.19. The third kappa shape index (κ3) is 5.27. The molecule has 6 nitrogen and oxygen atoms in total. The number of benzene rings is 2. The summed E-state index contributed by atoms with van der Waals surface area (Å²) >= 11 is 0. The highest BCUT2D eigenvalue weighted by atomic mass is 16.5. The quantitative estimate of drug-likeness (QED) is 0.441. The Bertz CT molecular complexity index is 913. The number of nitrogens with one attached hydrogen (secondary N) is 2. The zero-order valence-electron chi connectivity index (χ0n) is 15.2. The van der Waals surface area contributed by atoms with Crippen molar-refractivity contribution in [2.75, 3.05) is 18.5 Å². The van der Waals surface area contributed by atoms with Gasteiger partial charge in [-0.3, -0.25) is 14.9 Å². The topological polar surface area (TPSA) is 84.5 Å². The highest BCUT2D eigenvalue weighted by Gasteiger charge is 2.23. The van der Waals surface area contributed by atoms with Gasteiger partial charge in [-0.15, -0.1) is 0 Å². The lowest BCUT2D eigenvalue weighted by atomic mass is 10.1. The van der Waals surface area contributed by atoms with E-state index in [9.17, 15) is 14.4 Å². The first-order chi connectivity index (χ1) is 13.7. The molecule has 1 fully saturated rings. The van der Waals surface area contributed by atoms with Crippen molar-refractivity contribution in [3.05, 3.63) is 77.6 Å². The summed E-state index contributed by atoms with van der Waals surface area (Å²) in [6.07, 6.45) is 3.91. The molecule has 0 bridgehead atoms. The fraction of sp³-hybridized carbons (Fsp3) is 0.182. The molecule has 0 spiro atoms. The van der Waals surface area contributed by atoms with Crippen molar-refractivity contribution in [3.8, 4) is 0 Å². The van der Waals surface area contributed by atoms with Gasteiger partial charge in [-0.2, -0.15) is 0 Å². The Balaban J connectivity index is 1.51. The summed E-state index contributed by atoms with van der Waals surface area (Å²) in [5.41, 5.74) is 2.07. The largest absolute Gasteiger partial charge is 0.485 e. The Kier molecular flexibility index (Phi) is 6.52. The average molecular weight is 376 g/mol. The maximum Gasteiger partial charge on any atom is 0.238 e. The van der Waals surface area contributed by atoms with Gasteiger partial charge in [0.1, 0.15) is 0 Å². The number of carbonyl (C=O) groups excluding carboxylic acids is 3. The Labute approximate surface area is 162 Å². The van der Waals surface area contributed by atoms with E-state index in [4.69, 9.17) is 4.74 Å². The molecule has 0 radical (unpaired) electrons. The number of amides is 1. The minimum Gasteiger partial charge on any atom is -0.485 e. The van der Waals surface area contributed by atoms with Gasteiger partial charge in [0.25, 0.3) is 0 Å². The van der Waals surface area contributed by atoms with E-state index in [-0.39, 0.29) is 30.0 Å². The predicted molar refractivity (Wildman–Crippen MR) is 106 cm³/mol. The number of hydrogen-bond donors (Lipinski definition) is 2. The molecule has 0 aliphatic carbocycles. The minimum atomic E-state index is -0.278. The maximum atomic E-state index is 12.2. The lowest BCUT2D eigenvalue weighted by Crippen LogP contribution is -2.35. The second-order valence-electron chi connectivity index (χ2n) is 6.27. The van der Waals surface area contributed by atoms with Gasteiger partial charge in [0.15, 0.2) is 17.5 Å². The number of allylic oxidation sites excluding steroid dienone is 1. The first-order valence-corrected chi connectivity index (χ1v) is 8.94. The number of hydrogen-bond acceptors (Lipinski definition) is 5. The smallest absolute Gasteiger partial charge is 0.238 e. The van der Waals surface area contributed by atoms with Crippen LogP contribution in [0.4, 0.5) is 5.69 Å². The van der Waals surface area contributed by atoms with E-state index >= 15 is 0 Å². The number of carbonyl (C=O) groups is 2. The molecule has 2 aromatic carbocycles. The van der Waals surface area contributed by atoms with Gasteiger partial charge in [0.05, 0.1) is 19.2 Å². The summed E-state index contributed by atoms with van der Waals surface area (Å²) in [5, 5.41) is 5.71. The summed E-state index contributed by atoms with van der Waals surface area (Å²) in [5.74, 6) is 1.58. The second kappa shape index (κ2) is 9.46. The Hall–Kier alpha value is -3.47. The van der Waals surface area contributed by atoms with E-state index in [1.807, 2.05) is 30.3 Å². The molecule has 1 heterocycles. The third-order valence-electron chi connectivity index (χ3n) is 4.27. The molecule has 1 amide bonds. The number of rotatable bonds is 7. The van der Waals surface area contributed by atoms with Crippen molar-refractivity contribution in [2.24, 2.45) is 0 Å². The molecule has 2 aromatic rings. The zero-order chi connectivity index (χ0) is 19.8. The predicted octanol–water partition coefficient (Wildman–Crippen LogP) is 2.62. The summed E-state index contributed by atoms with van der Waals surface area (Å²) in [6, 6.07) is 16.0. The lowest BCUT2D eigenvalue weighted by Gasteiger charge is -2.10. The molecule has 0 saturated carbocycles. The third-order valence-corrected chi connectivity index (χ3v) is 4.27. The maximum absolute atomic E-state index is 12.2. The molecule has 0 unspecified atom stereocenters. The van der Waals surface area contributed by atoms with E-state index in [0.717, 1.165) is 5.56 Å². The zero-order valence-corrected chi connectivity index (χ0v) is 15.2. The van der Waals surface area contributed by atoms with Gasteiger partial charge >= 0.3 is 0 Å². The number of ketones is 1. The monoisotopic (exact) mass is 376 g/mol. The van der Waals surface area contributed by atoms with Crippen LogP contribution in [-0.2, 0) is 14.3 Å². The Morgan fingerprint density at radius 1 is 1.11 bits per heavy atom. The fourth-order valence-electron chi connectivity index (χ4n) is 2.78. The van der Waals surface area contributed by atoms with E-state index in [0.29, 0.717) is 24.3 Å². The molecule has 1 saturated heterocycles. The molecule has 0 aromatic heterocycles. The molecular weight excluding hydrogens is 356 g/mol. The van der Waals surface area contributed by atoms with Crippen molar-refractivity contribution in [1.29, 1.82) is 0 Å². The van der Waals surface area contributed by atoms with Gasteiger partial charge in [0, 0.05) is 17.7 Å². The molecule has 2 N–H and O–H groups in total. The van der Waals surface area contributed by atoms with E-state index in [1.54, 1.807) is 36.3 Å². The minimum absolute atomic E-state index is 0.0414. The molecule has 3 rings (SSSR count). The van der Waals surface area contributed by atoms with Crippen molar-refractivity contribution < 1.29 is 19.1 Å². The molecule has 142 valence electrons. The van der Waals surface area contributed by atoms with E-state index in [2.05, 4.69) is 10.6 Å². The van der Waals surface area contributed by atoms with Crippen LogP contribution in [0, 0.1) is 0 Å². The van der Waals surface area contributed by atoms with Crippen LogP contribution in [0.5, 0.6) is 0 Å². The highest BCUT2D eigenvalue weighted by Crippen LogP contribution is 2.14. The summed E-state index contributed by atoms with van der Waals surface area (Å²) in [4.78, 5) is 35.0. The van der Waals surface area contributed by atoms with Crippen molar-refractivity contribution >= 4 is 29.4 Å². The van der Waals surface area contributed by atoms with Crippen molar-refractivity contribution in [1.82, 2.24) is 5.32 Å². The summed E-state index contributed by atoms with van der Waals surface area (Å²) < 4.78 is 5.11. The molecule has 1 aliphatic rings. The van der Waals surface area contributed by atoms with Crippen LogP contribution in [0.2, 0.25) is 0 Å². The molecule has 1 aliphatic heterocycles. The van der Waals surface area contributed by atoms with Crippen LogP contribution in [0.3, 0.4) is 0 Å². The van der Waals surface area contributed by atoms with Crippen LogP contribution >= 0.6 is 0 Å². The Morgan fingerprint density at radius 2 is 1.86 bits per heavy atom. The van der Waals surface area contributed by atoms with E-state index < -0.39 is 0 Å². The summed E-state index contributed by atoms with van der Waals surface area (Å²) in [6.45, 7) is 0.484. The normalized spacial score (nSPS) is 15.9. The molecular formula is C22H20N2O4. The van der Waals surface area contributed by atoms with E-state index in [1.165, 1.54) is 6.08 Å². The second-order valence-corrected chi connectivity index (χ2v) is 6.27. The van der Waals surface area contributed by atoms with Crippen LogP contribution in [0.15, 0.2) is 66.4 Å². The standard InChI is InChI=1S/C22H20N2O4/c25-15-21-19(12-13-28-21)23-14-22(27)24-18-9-7-17(8-10-18)20(26)11-6-16-4-2-1-3-5-16/h1-11,19,23H,12-14H2,(H,24,27)/b11-6+/t19-/m0/s1. The number of anilines is 1. The first-order valence-electron chi connectivity index (χ1n) is 8.94. The lowest BCUT2D eigenvalue weighted by molar-refractivity contribution is -0.115.